The third-order valence-electron chi connectivity index (χ3n) is 5.00. The molecule has 0 saturated carbocycles. The Labute approximate surface area is 202 Å². The zero-order chi connectivity index (χ0) is 25.4. The van der Waals surface area contributed by atoms with Gasteiger partial charge in [0.15, 0.2) is 5.69 Å². The second-order valence-electron chi connectivity index (χ2n) is 8.16. The topological polar surface area (TPSA) is 158 Å². The summed E-state index contributed by atoms with van der Waals surface area (Å²) in [4.78, 5) is 51.9. The number of ether oxygens (including phenoxy) is 1. The number of carbonyl (C=O) groups is 4. The van der Waals surface area contributed by atoms with Crippen LogP contribution in [0.25, 0.3) is 0 Å². The summed E-state index contributed by atoms with van der Waals surface area (Å²) in [7, 11) is 0. The Hall–Kier alpha value is -3.47. The van der Waals surface area contributed by atoms with Crippen molar-refractivity contribution in [3.8, 4) is 0 Å². The molecule has 11 heteroatoms. The Balaban J connectivity index is 2.54. The van der Waals surface area contributed by atoms with E-state index in [-0.39, 0.29) is 22.9 Å². The van der Waals surface area contributed by atoms with Gasteiger partial charge in [-0.3, -0.25) is 19.2 Å². The molecule has 3 amide bonds. The van der Waals surface area contributed by atoms with Crippen molar-refractivity contribution in [3.05, 3.63) is 46.0 Å². The largest absolute Gasteiger partial charge is 0.465 e. The minimum Gasteiger partial charge on any atom is -0.465 e. The van der Waals surface area contributed by atoms with Crippen molar-refractivity contribution >= 4 is 40.9 Å². The van der Waals surface area contributed by atoms with Crippen LogP contribution >= 0.6 is 11.5 Å². The molecule has 10 nitrogen and oxygen atoms in total. The maximum atomic E-state index is 13.6. The van der Waals surface area contributed by atoms with Gasteiger partial charge in [0.25, 0.3) is 11.8 Å². The molecule has 2 rings (SSSR count). The zero-order valence-corrected chi connectivity index (χ0v) is 20.6. The van der Waals surface area contributed by atoms with Gasteiger partial charge in [-0.1, -0.05) is 43.7 Å². The van der Waals surface area contributed by atoms with E-state index >= 15 is 0 Å². The van der Waals surface area contributed by atoms with E-state index in [4.69, 9.17) is 16.2 Å². The number of benzene rings is 1. The normalized spacial score (nSPS) is 11.7. The van der Waals surface area contributed by atoms with Gasteiger partial charge >= 0.3 is 5.97 Å². The number of nitrogens with two attached hydrogens (primary N) is 2. The van der Waals surface area contributed by atoms with Crippen LogP contribution in [0.3, 0.4) is 0 Å². The maximum Gasteiger partial charge on any atom is 0.325 e. The zero-order valence-electron chi connectivity index (χ0n) is 19.8. The highest BCUT2D eigenvalue weighted by atomic mass is 32.1. The van der Waals surface area contributed by atoms with E-state index in [1.807, 2.05) is 32.9 Å². The van der Waals surface area contributed by atoms with Crippen LogP contribution in [0.2, 0.25) is 0 Å². The van der Waals surface area contributed by atoms with E-state index in [1.165, 1.54) is 0 Å². The van der Waals surface area contributed by atoms with Crippen LogP contribution in [0.4, 0.5) is 5.69 Å². The fraction of sp³-hybridized carbons (Fsp3) is 0.435. The van der Waals surface area contributed by atoms with Gasteiger partial charge in [0.05, 0.1) is 12.3 Å². The minimum atomic E-state index is -1.15. The fourth-order valence-electron chi connectivity index (χ4n) is 3.19. The van der Waals surface area contributed by atoms with Crippen LogP contribution in [0.5, 0.6) is 0 Å². The van der Waals surface area contributed by atoms with Gasteiger partial charge in [0.1, 0.15) is 17.5 Å². The number of hydrogen-bond donors (Lipinski definition) is 3. The van der Waals surface area contributed by atoms with E-state index in [1.54, 1.807) is 19.1 Å². The van der Waals surface area contributed by atoms with Crippen molar-refractivity contribution in [2.24, 2.45) is 11.7 Å². The van der Waals surface area contributed by atoms with Gasteiger partial charge in [-0.2, -0.15) is 4.37 Å². The summed E-state index contributed by atoms with van der Waals surface area (Å²) in [5.41, 5.74) is 12.3. The first-order valence-corrected chi connectivity index (χ1v) is 11.7. The van der Waals surface area contributed by atoms with E-state index in [2.05, 4.69) is 9.69 Å². The van der Waals surface area contributed by atoms with Gasteiger partial charge in [-0.15, -0.1) is 0 Å². The number of carbonyl (C=O) groups excluding carboxylic acids is 4. The molecule has 34 heavy (non-hydrogen) atoms. The number of rotatable bonds is 11. The Morgan fingerprint density at radius 2 is 1.82 bits per heavy atom. The number of aromatic nitrogens is 1. The molecule has 0 radical (unpaired) electrons. The third-order valence-corrected chi connectivity index (χ3v) is 5.85. The van der Waals surface area contributed by atoms with Crippen molar-refractivity contribution in [3.63, 3.8) is 0 Å². The average Bonchev–Trinajstić information content (AvgIpc) is 3.15. The predicted molar refractivity (Wildman–Crippen MR) is 129 cm³/mol. The summed E-state index contributed by atoms with van der Waals surface area (Å²) in [6.45, 7) is 7.59. The van der Waals surface area contributed by atoms with Crippen LogP contribution in [-0.2, 0) is 14.3 Å². The SMILES string of the molecule is CCOC(=O)CN(C(=O)c1snc(C(N)=O)c1N)[C@H](C(=O)NCCC(C)C)c1ccc(C)cc1. The van der Waals surface area contributed by atoms with Gasteiger partial charge in [-0.25, -0.2) is 0 Å². The monoisotopic (exact) mass is 489 g/mol. The molecular weight excluding hydrogens is 458 g/mol. The molecular formula is C23H31N5O5S. The lowest BCUT2D eigenvalue weighted by atomic mass is 10.0. The number of hydrogen-bond acceptors (Lipinski definition) is 8. The quantitative estimate of drug-likeness (QED) is 0.407. The van der Waals surface area contributed by atoms with Gasteiger partial charge < -0.3 is 26.4 Å². The Morgan fingerprint density at radius 1 is 1.18 bits per heavy atom. The Bertz CT molecular complexity index is 1030. The summed E-state index contributed by atoms with van der Waals surface area (Å²) in [5.74, 6) is -2.41. The third kappa shape index (κ3) is 6.77. The van der Waals surface area contributed by atoms with Crippen LogP contribution in [0.1, 0.15) is 64.5 Å². The van der Waals surface area contributed by atoms with Crippen LogP contribution < -0.4 is 16.8 Å². The summed E-state index contributed by atoms with van der Waals surface area (Å²) in [6.07, 6.45) is 0.738. The number of amides is 3. The number of nitrogen functional groups attached to an aromatic ring is 1. The molecule has 1 aromatic carbocycles. The second kappa shape index (κ2) is 12.1. The van der Waals surface area contributed by atoms with Crippen molar-refractivity contribution in [1.29, 1.82) is 0 Å². The minimum absolute atomic E-state index is 0.0924. The van der Waals surface area contributed by atoms with E-state index < -0.39 is 36.3 Å². The second-order valence-corrected chi connectivity index (χ2v) is 8.94. The van der Waals surface area contributed by atoms with Crippen molar-refractivity contribution in [2.75, 3.05) is 25.4 Å². The molecule has 0 spiro atoms. The molecule has 1 aromatic heterocycles. The first kappa shape index (κ1) is 26.8. The van der Waals surface area contributed by atoms with Crippen LogP contribution in [-0.4, -0.2) is 52.7 Å². The Morgan fingerprint density at radius 3 is 2.35 bits per heavy atom. The molecule has 1 heterocycles. The first-order valence-electron chi connectivity index (χ1n) is 10.9. The lowest BCUT2D eigenvalue weighted by Crippen LogP contribution is -2.46. The van der Waals surface area contributed by atoms with Crippen molar-refractivity contribution in [1.82, 2.24) is 14.6 Å². The molecule has 0 bridgehead atoms. The van der Waals surface area contributed by atoms with Crippen LogP contribution in [0, 0.1) is 12.8 Å². The molecule has 184 valence electrons. The summed E-state index contributed by atoms with van der Waals surface area (Å²) < 4.78 is 8.92. The number of esters is 1. The van der Waals surface area contributed by atoms with Crippen LogP contribution in [0.15, 0.2) is 24.3 Å². The average molecular weight is 490 g/mol. The van der Waals surface area contributed by atoms with Gasteiger partial charge in [0, 0.05) is 6.54 Å². The van der Waals surface area contributed by atoms with Crippen molar-refractivity contribution in [2.45, 2.75) is 40.2 Å². The maximum absolute atomic E-state index is 13.6. The molecule has 0 unspecified atom stereocenters. The molecule has 0 aliphatic carbocycles. The standard InChI is InChI=1S/C23H31N5O5S/c1-5-33-16(29)12-28(23(32)20-17(24)18(21(25)30)27-34-20)19(15-8-6-14(4)7-9-15)22(31)26-11-10-13(2)3/h6-9,13,19H,5,10-12,24H2,1-4H3,(H2,25,30)(H,26,31)/t19-/m0/s1. The number of nitrogens with one attached hydrogen (secondary N) is 1. The van der Waals surface area contributed by atoms with Gasteiger partial charge in [0.2, 0.25) is 5.91 Å². The predicted octanol–water partition coefficient (Wildman–Crippen LogP) is 2.04. The van der Waals surface area contributed by atoms with Crippen molar-refractivity contribution < 1.29 is 23.9 Å². The number of aryl methyl sites for hydroxylation is 1. The number of nitrogens with zero attached hydrogens (tertiary/aromatic N) is 2. The molecule has 0 fully saturated rings. The highest BCUT2D eigenvalue weighted by Crippen LogP contribution is 2.29. The smallest absolute Gasteiger partial charge is 0.325 e. The molecule has 2 aromatic rings. The molecule has 0 aliphatic rings. The van der Waals surface area contributed by atoms with Gasteiger partial charge in [-0.05, 0) is 43.3 Å². The summed E-state index contributed by atoms with van der Waals surface area (Å²) in [6, 6.07) is 5.91. The molecule has 1 atom stereocenters. The Kier molecular flexibility index (Phi) is 9.55. The lowest BCUT2D eigenvalue weighted by molar-refractivity contribution is -0.144. The fourth-order valence-corrected chi connectivity index (χ4v) is 3.95. The lowest BCUT2D eigenvalue weighted by Gasteiger charge is -2.30. The highest BCUT2D eigenvalue weighted by molar-refractivity contribution is 7.09. The van der Waals surface area contributed by atoms with E-state index in [0.29, 0.717) is 29.6 Å². The molecule has 5 N–H and O–H groups in total. The molecule has 0 aliphatic heterocycles. The number of anilines is 1. The van der Waals surface area contributed by atoms with E-state index in [0.717, 1.165) is 16.9 Å². The first-order chi connectivity index (χ1) is 16.1. The highest BCUT2D eigenvalue weighted by Gasteiger charge is 2.36. The summed E-state index contributed by atoms with van der Waals surface area (Å²) in [5, 5.41) is 2.85. The van der Waals surface area contributed by atoms with E-state index in [9.17, 15) is 19.2 Å². The molecule has 0 saturated heterocycles. The summed E-state index contributed by atoms with van der Waals surface area (Å²) >= 11 is 0.679. The number of primary amides is 1.